The quantitative estimate of drug-likeness (QED) is 0.161. The zero-order chi connectivity index (χ0) is 22.4. The van der Waals surface area contributed by atoms with Gasteiger partial charge in [-0.15, -0.1) is 0 Å². The highest BCUT2D eigenvalue weighted by Crippen LogP contribution is 2.33. The van der Waals surface area contributed by atoms with Crippen LogP contribution in [0.15, 0.2) is 48.5 Å². The van der Waals surface area contributed by atoms with Gasteiger partial charge < -0.3 is 30.1 Å². The molecular formula is C20H22N4O5S2. The Morgan fingerprint density at radius 2 is 1.81 bits per heavy atom. The van der Waals surface area contributed by atoms with Crippen LogP contribution in [-0.4, -0.2) is 41.8 Å². The molecule has 164 valence electrons. The first kappa shape index (κ1) is 22.7. The van der Waals surface area contributed by atoms with Gasteiger partial charge in [-0.05, 0) is 60.4 Å². The van der Waals surface area contributed by atoms with Crippen LogP contribution < -0.4 is 15.4 Å². The van der Waals surface area contributed by atoms with Crippen LogP contribution in [0.3, 0.4) is 0 Å². The maximum Gasteiger partial charge on any atom is 0.236 e. The number of aliphatic hydroxyl groups excluding tert-OH is 1. The molecule has 0 aliphatic rings. The monoisotopic (exact) mass is 462 g/mol. The van der Waals surface area contributed by atoms with Crippen molar-refractivity contribution in [2.45, 2.75) is 18.7 Å². The summed E-state index contributed by atoms with van der Waals surface area (Å²) in [5, 5.41) is 33.7. The van der Waals surface area contributed by atoms with Crippen molar-refractivity contribution in [2.24, 2.45) is 0 Å². The fraction of sp³-hybridized carbons (Fsp3) is 0.200. The number of aromatic hydroxyl groups is 1. The van der Waals surface area contributed by atoms with Gasteiger partial charge in [0, 0.05) is 11.7 Å². The van der Waals surface area contributed by atoms with Gasteiger partial charge in [0.1, 0.15) is 27.9 Å². The van der Waals surface area contributed by atoms with Crippen molar-refractivity contribution in [3.63, 3.8) is 0 Å². The van der Waals surface area contributed by atoms with E-state index in [0.717, 1.165) is 17.1 Å². The molecule has 0 saturated heterocycles. The summed E-state index contributed by atoms with van der Waals surface area (Å²) in [5.41, 5.74) is 1.68. The van der Waals surface area contributed by atoms with Crippen LogP contribution in [0.2, 0.25) is 0 Å². The minimum Gasteiger partial charge on any atom is -0.492 e. The van der Waals surface area contributed by atoms with Gasteiger partial charge in [-0.1, -0.05) is 12.1 Å². The van der Waals surface area contributed by atoms with Crippen LogP contribution in [0, 0.1) is 5.41 Å². The second-order valence-corrected chi connectivity index (χ2v) is 8.38. The molecule has 11 heteroatoms. The highest BCUT2D eigenvalue weighted by molar-refractivity contribution is 7.78. The lowest BCUT2D eigenvalue weighted by Gasteiger charge is -2.14. The summed E-state index contributed by atoms with van der Waals surface area (Å²) in [6.45, 7) is 1.58. The molecule has 0 aliphatic heterocycles. The Labute approximate surface area is 185 Å². The minimum atomic E-state index is -1.88. The molecule has 2 atom stereocenters. The lowest BCUT2D eigenvalue weighted by Crippen LogP contribution is -2.35. The van der Waals surface area contributed by atoms with E-state index in [1.54, 1.807) is 55.5 Å². The summed E-state index contributed by atoms with van der Waals surface area (Å²) in [7, 11) is 0. The Kier molecular flexibility index (Phi) is 7.58. The standard InChI is InChI=1S/C20H22N4O5S2/c1-12(10-25)22-18(21)17-19(26)24-30-20(17)23-14-4-8-16(9-5-14)29-15-6-2-13(3-7-15)11-31(27)28/h2-9,12,23,25H,10-11H2,1H3,(H2,21,22)(H,24,26)(H,27,28). The van der Waals surface area contributed by atoms with Crippen molar-refractivity contribution < 1.29 is 23.7 Å². The largest absolute Gasteiger partial charge is 0.492 e. The second-order valence-electron chi connectivity index (χ2n) is 6.67. The van der Waals surface area contributed by atoms with E-state index in [0.29, 0.717) is 22.2 Å². The van der Waals surface area contributed by atoms with Crippen LogP contribution in [0.25, 0.3) is 0 Å². The number of rotatable bonds is 9. The number of nitrogens with one attached hydrogen (secondary N) is 3. The van der Waals surface area contributed by atoms with Crippen molar-refractivity contribution in [3.05, 3.63) is 59.7 Å². The number of benzene rings is 2. The average Bonchev–Trinajstić information content (AvgIpc) is 3.10. The van der Waals surface area contributed by atoms with E-state index in [1.807, 2.05) is 0 Å². The second kappa shape index (κ2) is 10.4. The van der Waals surface area contributed by atoms with Gasteiger partial charge in [0.15, 0.2) is 11.1 Å². The van der Waals surface area contributed by atoms with Crippen LogP contribution in [0.5, 0.6) is 17.4 Å². The molecule has 0 spiro atoms. The highest BCUT2D eigenvalue weighted by atomic mass is 32.2. The fourth-order valence-corrected chi connectivity index (χ4v) is 3.82. The van der Waals surface area contributed by atoms with Gasteiger partial charge in [0.2, 0.25) is 5.88 Å². The molecule has 1 heterocycles. The van der Waals surface area contributed by atoms with Gasteiger partial charge in [0.05, 0.1) is 12.4 Å². The van der Waals surface area contributed by atoms with Gasteiger partial charge >= 0.3 is 0 Å². The summed E-state index contributed by atoms with van der Waals surface area (Å²) < 4.78 is 29.5. The Balaban J connectivity index is 1.66. The maximum absolute atomic E-state index is 10.9. The third kappa shape index (κ3) is 6.25. The molecule has 0 bridgehead atoms. The minimum absolute atomic E-state index is 0.0382. The molecule has 2 unspecified atom stereocenters. The Morgan fingerprint density at radius 3 is 2.39 bits per heavy atom. The lowest BCUT2D eigenvalue weighted by atomic mass is 10.2. The molecule has 3 rings (SSSR count). The number of amidine groups is 1. The number of aromatic nitrogens is 1. The Bertz CT molecular complexity index is 1050. The number of ether oxygens (including phenoxy) is 1. The van der Waals surface area contributed by atoms with E-state index in [4.69, 9.17) is 19.8 Å². The van der Waals surface area contributed by atoms with E-state index >= 15 is 0 Å². The van der Waals surface area contributed by atoms with Gasteiger partial charge in [0.25, 0.3) is 0 Å². The zero-order valence-electron chi connectivity index (χ0n) is 16.5. The SMILES string of the molecule is CC(CO)NC(=N)c1c(O)nsc1Nc1ccc(Oc2ccc(CS(=O)O)cc2)cc1. The first-order valence-electron chi connectivity index (χ1n) is 9.22. The topological polar surface area (TPSA) is 148 Å². The molecule has 0 radical (unpaired) electrons. The summed E-state index contributed by atoms with van der Waals surface area (Å²) in [6, 6.07) is 13.7. The third-order valence-electron chi connectivity index (χ3n) is 4.15. The van der Waals surface area contributed by atoms with Crippen LogP contribution >= 0.6 is 11.5 Å². The molecule has 0 amide bonds. The molecular weight excluding hydrogens is 440 g/mol. The Morgan fingerprint density at radius 1 is 1.19 bits per heavy atom. The fourth-order valence-electron chi connectivity index (χ4n) is 2.63. The Hall–Kier alpha value is -2.99. The van der Waals surface area contributed by atoms with Gasteiger partial charge in [-0.3, -0.25) is 5.41 Å². The van der Waals surface area contributed by atoms with Crippen molar-refractivity contribution in [1.29, 1.82) is 5.41 Å². The van der Waals surface area contributed by atoms with Gasteiger partial charge in [-0.25, -0.2) is 4.21 Å². The zero-order valence-corrected chi connectivity index (χ0v) is 18.2. The van der Waals surface area contributed by atoms with Crippen LogP contribution in [0.4, 0.5) is 10.7 Å². The van der Waals surface area contributed by atoms with Crippen LogP contribution in [0.1, 0.15) is 18.1 Å². The molecule has 31 heavy (non-hydrogen) atoms. The molecule has 1 aromatic heterocycles. The molecule has 3 aromatic rings. The number of nitrogens with zero attached hydrogens (tertiary/aromatic N) is 1. The number of hydrogen-bond donors (Lipinski definition) is 6. The molecule has 2 aromatic carbocycles. The normalized spacial score (nSPS) is 12.7. The molecule has 0 aliphatic carbocycles. The van der Waals surface area contributed by atoms with Crippen molar-refractivity contribution >= 4 is 39.1 Å². The first-order chi connectivity index (χ1) is 14.9. The lowest BCUT2D eigenvalue weighted by molar-refractivity contribution is 0.264. The predicted octanol–water partition coefficient (Wildman–Crippen LogP) is 3.40. The van der Waals surface area contributed by atoms with Crippen LogP contribution in [-0.2, 0) is 16.8 Å². The molecule has 9 nitrogen and oxygen atoms in total. The summed E-state index contributed by atoms with van der Waals surface area (Å²) in [6.07, 6.45) is 0. The van der Waals surface area contributed by atoms with E-state index in [9.17, 15) is 9.32 Å². The smallest absolute Gasteiger partial charge is 0.236 e. The summed E-state index contributed by atoms with van der Waals surface area (Å²) >= 11 is -0.862. The predicted molar refractivity (Wildman–Crippen MR) is 121 cm³/mol. The van der Waals surface area contributed by atoms with E-state index in [1.165, 1.54) is 0 Å². The van der Waals surface area contributed by atoms with E-state index in [-0.39, 0.29) is 35.7 Å². The maximum atomic E-state index is 10.9. The molecule has 0 fully saturated rings. The molecule has 6 N–H and O–H groups in total. The third-order valence-corrected chi connectivity index (χ3v) is 5.48. The highest BCUT2D eigenvalue weighted by Gasteiger charge is 2.19. The van der Waals surface area contributed by atoms with Crippen molar-refractivity contribution in [2.75, 3.05) is 11.9 Å². The van der Waals surface area contributed by atoms with E-state index < -0.39 is 11.1 Å². The van der Waals surface area contributed by atoms with Gasteiger partial charge in [-0.2, -0.15) is 4.37 Å². The van der Waals surface area contributed by atoms with Crippen molar-refractivity contribution in [3.8, 4) is 17.4 Å². The average molecular weight is 463 g/mol. The first-order valence-corrected chi connectivity index (χ1v) is 11.3. The van der Waals surface area contributed by atoms with E-state index in [2.05, 4.69) is 15.0 Å². The number of anilines is 2. The number of aliphatic hydroxyl groups is 1. The molecule has 0 saturated carbocycles. The summed E-state index contributed by atoms with van der Waals surface area (Å²) in [5.74, 6) is 0.969. The summed E-state index contributed by atoms with van der Waals surface area (Å²) in [4.78, 5) is 0. The number of hydrogen-bond acceptors (Lipinski definition) is 8. The van der Waals surface area contributed by atoms with Crippen molar-refractivity contribution in [1.82, 2.24) is 9.69 Å².